The van der Waals surface area contributed by atoms with Gasteiger partial charge in [0.15, 0.2) is 0 Å². The van der Waals surface area contributed by atoms with Crippen molar-refractivity contribution in [1.29, 1.82) is 0 Å². The zero-order valence-corrected chi connectivity index (χ0v) is 23.1. The average molecular weight is 575 g/mol. The van der Waals surface area contributed by atoms with Gasteiger partial charge in [-0.1, -0.05) is 55.8 Å². The summed E-state index contributed by atoms with van der Waals surface area (Å²) in [6, 6.07) is 4.21. The summed E-state index contributed by atoms with van der Waals surface area (Å²) in [5.41, 5.74) is 2.29. The number of fused-ring (bicyclic) bond motifs is 1. The van der Waals surface area contributed by atoms with Crippen LogP contribution in [0.2, 0.25) is 0 Å². The van der Waals surface area contributed by atoms with E-state index in [0.717, 1.165) is 76.1 Å². The van der Waals surface area contributed by atoms with Crippen LogP contribution in [-0.2, 0) is 27.2 Å². The first kappa shape index (κ1) is 29.6. The molecule has 33 heavy (non-hydrogen) atoms. The van der Waals surface area contributed by atoms with E-state index in [-0.39, 0.29) is 17.8 Å². The molecule has 7 nitrogen and oxygen atoms in total. The van der Waals surface area contributed by atoms with Crippen molar-refractivity contribution in [2.75, 3.05) is 49.6 Å². The molecule has 0 atom stereocenters. The number of halogens is 1. The van der Waals surface area contributed by atoms with Crippen LogP contribution in [0.25, 0.3) is 0 Å². The maximum Gasteiger partial charge on any atom is 0.320 e. The van der Waals surface area contributed by atoms with Crippen molar-refractivity contribution in [2.24, 2.45) is 5.92 Å². The second-order valence-electron chi connectivity index (χ2n) is 8.01. The normalized spacial score (nSPS) is 15.5. The number of aryl methyl sites for hydroxylation is 1. The maximum absolute atomic E-state index is 12.5. The summed E-state index contributed by atoms with van der Waals surface area (Å²) < 4.78 is 5.22. The Morgan fingerprint density at radius 2 is 1.97 bits per heavy atom. The number of pyridine rings is 1. The highest BCUT2D eigenvalue weighted by Crippen LogP contribution is 2.20. The van der Waals surface area contributed by atoms with Crippen LogP contribution in [0.1, 0.15) is 64.1 Å². The van der Waals surface area contributed by atoms with E-state index >= 15 is 0 Å². The Bertz CT molecular complexity index is 694. The number of hydrogen-bond donors (Lipinski definition) is 2. The topological polar surface area (TPSA) is 83.6 Å². The molecule has 2 aliphatic heterocycles. The number of hydrogen-bond acceptors (Lipinski definition) is 6. The van der Waals surface area contributed by atoms with Gasteiger partial charge in [0.05, 0.1) is 13.2 Å². The number of esters is 1. The van der Waals surface area contributed by atoms with E-state index in [1.165, 1.54) is 5.56 Å². The molecule has 0 unspecified atom stereocenters. The van der Waals surface area contributed by atoms with Crippen molar-refractivity contribution in [3.63, 3.8) is 0 Å². The lowest BCUT2D eigenvalue weighted by molar-refractivity contribution is -0.145. The molecular formula is C25H43IN4O3. The molecule has 2 aliphatic rings. The number of likely N-dealkylation sites (tertiary alicyclic amines) is 1. The third kappa shape index (κ3) is 11.0. The average Bonchev–Trinajstić information content (AvgIpc) is 2.87. The number of alkyl halides is 1. The molecule has 1 aromatic rings. The predicted molar refractivity (Wildman–Crippen MR) is 144 cm³/mol. The minimum Gasteiger partial charge on any atom is -0.465 e. The van der Waals surface area contributed by atoms with Gasteiger partial charge < -0.3 is 15.4 Å². The third-order valence-electron chi connectivity index (χ3n) is 5.70. The van der Waals surface area contributed by atoms with Crippen molar-refractivity contribution in [1.82, 2.24) is 15.2 Å². The number of amides is 1. The highest BCUT2D eigenvalue weighted by atomic mass is 127. The van der Waals surface area contributed by atoms with Gasteiger partial charge in [-0.05, 0) is 61.8 Å². The number of aromatic nitrogens is 1. The van der Waals surface area contributed by atoms with Gasteiger partial charge in [0.2, 0.25) is 5.91 Å². The van der Waals surface area contributed by atoms with Crippen LogP contribution in [0.15, 0.2) is 12.1 Å². The van der Waals surface area contributed by atoms with Gasteiger partial charge in [-0.3, -0.25) is 14.5 Å². The number of piperidine rings is 1. The molecule has 0 radical (unpaired) electrons. The van der Waals surface area contributed by atoms with E-state index in [2.05, 4.69) is 62.2 Å². The number of rotatable bonds is 9. The summed E-state index contributed by atoms with van der Waals surface area (Å²) in [5, 5.41) is 6.41. The molecule has 188 valence electrons. The van der Waals surface area contributed by atoms with E-state index in [1.54, 1.807) is 0 Å². The first-order valence-electron chi connectivity index (χ1n) is 12.4. The number of anilines is 1. The van der Waals surface area contributed by atoms with Crippen LogP contribution >= 0.6 is 22.6 Å². The minimum absolute atomic E-state index is 0.0283. The monoisotopic (exact) mass is 574 g/mol. The molecule has 1 saturated heterocycles. The molecule has 8 heteroatoms. The minimum atomic E-state index is -0.159. The van der Waals surface area contributed by atoms with Crippen LogP contribution in [0.4, 0.5) is 5.82 Å². The van der Waals surface area contributed by atoms with Gasteiger partial charge in [-0.25, -0.2) is 4.98 Å². The molecule has 1 aromatic heterocycles. The van der Waals surface area contributed by atoms with E-state index in [0.29, 0.717) is 19.7 Å². The Kier molecular flexibility index (Phi) is 16.1. The van der Waals surface area contributed by atoms with E-state index in [9.17, 15) is 9.59 Å². The summed E-state index contributed by atoms with van der Waals surface area (Å²) in [4.78, 5) is 33.0. The smallest absolute Gasteiger partial charge is 0.320 e. The number of nitrogens with one attached hydrogen (secondary N) is 2. The van der Waals surface area contributed by atoms with E-state index in [4.69, 9.17) is 4.74 Å². The molecule has 3 rings (SSSR count). The number of carbonyl (C=O) groups is 2. The van der Waals surface area contributed by atoms with Crippen LogP contribution in [-0.4, -0.2) is 66.0 Å². The van der Waals surface area contributed by atoms with Gasteiger partial charge in [0.25, 0.3) is 0 Å². The van der Waals surface area contributed by atoms with Crippen LogP contribution in [0.5, 0.6) is 0 Å². The summed E-state index contributed by atoms with van der Waals surface area (Å²) in [6.45, 7) is 10.0. The lowest BCUT2D eigenvalue weighted by atomic mass is 9.96. The first-order valence-corrected chi connectivity index (χ1v) is 14.6. The number of ether oxygens (including phenoxy) is 1. The van der Waals surface area contributed by atoms with Crippen molar-refractivity contribution in [3.05, 3.63) is 23.4 Å². The fourth-order valence-corrected chi connectivity index (χ4v) is 3.88. The Morgan fingerprint density at radius 3 is 2.67 bits per heavy atom. The molecule has 0 aliphatic carbocycles. The van der Waals surface area contributed by atoms with Crippen molar-refractivity contribution >= 4 is 40.3 Å². The molecule has 0 bridgehead atoms. The van der Waals surface area contributed by atoms with Crippen molar-refractivity contribution in [2.45, 2.75) is 65.7 Å². The van der Waals surface area contributed by atoms with Gasteiger partial charge in [-0.2, -0.15) is 0 Å². The summed E-state index contributed by atoms with van der Waals surface area (Å²) in [7, 11) is 0. The zero-order valence-electron chi connectivity index (χ0n) is 20.9. The molecule has 1 amide bonds. The van der Waals surface area contributed by atoms with Crippen molar-refractivity contribution in [3.8, 4) is 0 Å². The standard InChI is InChI=1S/C22H34N4O3.C2H6.CH3I/c1-2-3-15-29-20(27)16-26-13-9-18(10-14-26)22(28)24-12-8-19-7-6-17-5-4-11-23-21(17)25-19;2*1-2/h6-7,18H,2-5,8-16H2,1H3,(H,23,25)(H,24,28);1-2H3;1H3. The molecule has 0 spiro atoms. The second-order valence-corrected chi connectivity index (χ2v) is 8.01. The Labute approximate surface area is 214 Å². The summed E-state index contributed by atoms with van der Waals surface area (Å²) in [5.74, 6) is 0.987. The van der Waals surface area contributed by atoms with Crippen molar-refractivity contribution < 1.29 is 14.3 Å². The lowest BCUT2D eigenvalue weighted by Crippen LogP contribution is -2.43. The van der Waals surface area contributed by atoms with Gasteiger partial charge in [0, 0.05) is 31.1 Å². The fraction of sp³-hybridized carbons (Fsp3) is 0.720. The first-order chi connectivity index (χ1) is 16.2. The van der Waals surface area contributed by atoms with Crippen LogP contribution in [0, 0.1) is 5.92 Å². The Balaban J connectivity index is 0.00000129. The second kappa shape index (κ2) is 18.0. The zero-order chi connectivity index (χ0) is 24.5. The Hall–Kier alpha value is -1.42. The van der Waals surface area contributed by atoms with Gasteiger partial charge in [-0.15, -0.1) is 0 Å². The SMILES string of the molecule is CC.CCCCOC(=O)CN1CCC(C(=O)NCCc2ccc3c(n2)NCCC3)CC1.CI. The summed E-state index contributed by atoms with van der Waals surface area (Å²) in [6.07, 6.45) is 6.48. The molecule has 0 aromatic carbocycles. The number of unbranched alkanes of at least 4 members (excludes halogenated alkanes) is 1. The molecule has 2 N–H and O–H groups in total. The van der Waals surface area contributed by atoms with Gasteiger partial charge in [0.1, 0.15) is 5.82 Å². The fourth-order valence-electron chi connectivity index (χ4n) is 3.88. The van der Waals surface area contributed by atoms with E-state index < -0.39 is 0 Å². The summed E-state index contributed by atoms with van der Waals surface area (Å²) >= 11 is 2.15. The van der Waals surface area contributed by atoms with Crippen LogP contribution in [0.3, 0.4) is 0 Å². The third-order valence-corrected chi connectivity index (χ3v) is 5.70. The quantitative estimate of drug-likeness (QED) is 0.199. The maximum atomic E-state index is 12.5. The highest BCUT2D eigenvalue weighted by Gasteiger charge is 2.26. The molecule has 1 fully saturated rings. The van der Waals surface area contributed by atoms with E-state index in [1.807, 2.05) is 18.8 Å². The predicted octanol–water partition coefficient (Wildman–Crippen LogP) is 4.23. The number of nitrogens with zero attached hydrogens (tertiary/aromatic N) is 2. The van der Waals surface area contributed by atoms with Gasteiger partial charge >= 0.3 is 5.97 Å². The highest BCUT2D eigenvalue weighted by molar-refractivity contribution is 14.1. The molecule has 0 saturated carbocycles. The largest absolute Gasteiger partial charge is 0.465 e. The number of carbonyl (C=O) groups excluding carboxylic acids is 2. The molecular weight excluding hydrogens is 531 g/mol. The lowest BCUT2D eigenvalue weighted by Gasteiger charge is -2.30. The Morgan fingerprint density at radius 1 is 1.24 bits per heavy atom. The molecule has 3 heterocycles. The van der Waals surface area contributed by atoms with Crippen LogP contribution < -0.4 is 10.6 Å².